The number of amides is 1. The molecule has 26 heavy (non-hydrogen) atoms. The zero-order valence-corrected chi connectivity index (χ0v) is 14.4. The highest BCUT2D eigenvalue weighted by Gasteiger charge is 2.15. The predicted octanol–water partition coefficient (Wildman–Crippen LogP) is 3.63. The van der Waals surface area contributed by atoms with Crippen LogP contribution in [0.15, 0.2) is 47.6 Å². The number of nitrogens with zero attached hydrogens (tertiary/aromatic N) is 3. The fourth-order valence-corrected chi connectivity index (χ4v) is 2.95. The fraction of sp³-hybridized carbons (Fsp3) is 0.118. The van der Waals surface area contributed by atoms with Gasteiger partial charge in [0.1, 0.15) is 23.1 Å². The summed E-state index contributed by atoms with van der Waals surface area (Å²) >= 11 is 1.04. The lowest BCUT2D eigenvalue weighted by atomic mass is 10.2. The molecule has 0 radical (unpaired) electrons. The van der Waals surface area contributed by atoms with Gasteiger partial charge in [0.15, 0.2) is 11.0 Å². The third-order valence-corrected chi connectivity index (χ3v) is 4.50. The van der Waals surface area contributed by atoms with Gasteiger partial charge in [0.05, 0.1) is 5.75 Å². The van der Waals surface area contributed by atoms with E-state index in [9.17, 15) is 18.0 Å². The average Bonchev–Trinajstić information content (AvgIpc) is 2.97. The summed E-state index contributed by atoms with van der Waals surface area (Å²) in [6.07, 6.45) is 0. The van der Waals surface area contributed by atoms with E-state index in [0.29, 0.717) is 16.5 Å². The summed E-state index contributed by atoms with van der Waals surface area (Å²) in [5.74, 6) is -2.37. The zero-order valence-electron chi connectivity index (χ0n) is 13.5. The normalized spacial score (nSPS) is 10.8. The van der Waals surface area contributed by atoms with Crippen molar-refractivity contribution in [1.29, 1.82) is 0 Å². The highest BCUT2D eigenvalue weighted by molar-refractivity contribution is 7.99. The first-order valence-electron chi connectivity index (χ1n) is 7.47. The molecule has 0 aliphatic carbocycles. The second-order valence-corrected chi connectivity index (χ2v) is 6.25. The Labute approximate surface area is 151 Å². The number of aromatic nitrogens is 3. The van der Waals surface area contributed by atoms with Gasteiger partial charge in [-0.2, -0.15) is 0 Å². The lowest BCUT2D eigenvalue weighted by molar-refractivity contribution is -0.113. The van der Waals surface area contributed by atoms with Crippen molar-refractivity contribution in [2.75, 3.05) is 11.1 Å². The van der Waals surface area contributed by atoms with Crippen molar-refractivity contribution in [3.63, 3.8) is 0 Å². The van der Waals surface area contributed by atoms with E-state index in [1.807, 2.05) is 0 Å². The van der Waals surface area contributed by atoms with E-state index in [0.717, 1.165) is 23.9 Å². The Morgan fingerprint density at radius 3 is 2.50 bits per heavy atom. The molecule has 1 heterocycles. The Morgan fingerprint density at radius 2 is 1.81 bits per heavy atom. The number of nitrogens with one attached hydrogen (secondary N) is 1. The molecule has 0 bridgehead atoms. The molecular formula is C17H13F3N4OS. The van der Waals surface area contributed by atoms with Gasteiger partial charge in [-0.3, -0.25) is 4.79 Å². The van der Waals surface area contributed by atoms with Crippen LogP contribution in [0, 0.1) is 17.5 Å². The van der Waals surface area contributed by atoms with Gasteiger partial charge >= 0.3 is 0 Å². The van der Waals surface area contributed by atoms with Crippen molar-refractivity contribution < 1.29 is 18.0 Å². The lowest BCUT2D eigenvalue weighted by Crippen LogP contribution is -2.16. The number of anilines is 1. The molecule has 0 unspecified atom stereocenters. The Morgan fingerprint density at radius 1 is 1.12 bits per heavy atom. The molecule has 0 spiro atoms. The molecule has 0 saturated heterocycles. The van der Waals surface area contributed by atoms with E-state index in [-0.39, 0.29) is 5.75 Å². The minimum Gasteiger partial charge on any atom is -0.320 e. The van der Waals surface area contributed by atoms with Crippen molar-refractivity contribution in [3.05, 3.63) is 59.9 Å². The first kappa shape index (κ1) is 18.0. The number of carbonyl (C=O) groups excluding carboxylic acids is 1. The van der Waals surface area contributed by atoms with Crippen LogP contribution in [0.1, 0.15) is 0 Å². The SMILES string of the molecule is Cn1c(SCC(=O)Nc2c(F)cccc2F)nnc1-c1cccc(F)c1. The molecule has 0 fully saturated rings. The molecule has 5 nitrogen and oxygen atoms in total. The van der Waals surface area contributed by atoms with Crippen LogP contribution in [0.5, 0.6) is 0 Å². The molecule has 1 amide bonds. The van der Waals surface area contributed by atoms with Crippen LogP contribution in [0.3, 0.4) is 0 Å². The van der Waals surface area contributed by atoms with Gasteiger partial charge in [0.2, 0.25) is 5.91 Å². The lowest BCUT2D eigenvalue weighted by Gasteiger charge is -2.07. The Bertz CT molecular complexity index is 941. The van der Waals surface area contributed by atoms with Gasteiger partial charge in [0, 0.05) is 12.6 Å². The number of benzene rings is 2. The molecule has 0 atom stereocenters. The highest BCUT2D eigenvalue weighted by Crippen LogP contribution is 2.24. The van der Waals surface area contributed by atoms with Crippen molar-refractivity contribution in [3.8, 4) is 11.4 Å². The number of rotatable bonds is 5. The molecule has 0 aliphatic rings. The van der Waals surface area contributed by atoms with Gasteiger partial charge in [-0.1, -0.05) is 30.0 Å². The maximum atomic E-state index is 13.5. The molecule has 2 aromatic carbocycles. The minimum atomic E-state index is -0.851. The third kappa shape index (κ3) is 3.88. The first-order valence-corrected chi connectivity index (χ1v) is 8.46. The summed E-state index contributed by atoms with van der Waals surface area (Å²) in [6.45, 7) is 0. The van der Waals surface area contributed by atoms with E-state index < -0.39 is 29.0 Å². The monoisotopic (exact) mass is 378 g/mol. The smallest absolute Gasteiger partial charge is 0.235 e. The number of para-hydroxylation sites is 1. The number of hydrogen-bond acceptors (Lipinski definition) is 4. The molecular weight excluding hydrogens is 365 g/mol. The summed E-state index contributed by atoms with van der Waals surface area (Å²) < 4.78 is 42.0. The third-order valence-electron chi connectivity index (χ3n) is 3.48. The van der Waals surface area contributed by atoms with Crippen LogP contribution in [0.4, 0.5) is 18.9 Å². The highest BCUT2D eigenvalue weighted by atomic mass is 32.2. The fourth-order valence-electron chi connectivity index (χ4n) is 2.24. The standard InChI is InChI=1S/C17H13F3N4OS/c1-24-16(10-4-2-5-11(18)8-10)22-23-17(24)26-9-14(25)21-15-12(19)6-3-7-13(15)20/h2-8H,9H2,1H3,(H,21,25). The topological polar surface area (TPSA) is 59.8 Å². The van der Waals surface area contributed by atoms with E-state index in [2.05, 4.69) is 15.5 Å². The van der Waals surface area contributed by atoms with E-state index in [4.69, 9.17) is 0 Å². The van der Waals surface area contributed by atoms with E-state index in [1.54, 1.807) is 23.7 Å². The predicted molar refractivity (Wildman–Crippen MR) is 92.1 cm³/mol. The molecule has 3 rings (SSSR count). The van der Waals surface area contributed by atoms with Crippen molar-refractivity contribution >= 4 is 23.4 Å². The van der Waals surface area contributed by atoms with Crippen LogP contribution in [-0.4, -0.2) is 26.4 Å². The van der Waals surface area contributed by atoms with E-state index in [1.165, 1.54) is 18.2 Å². The van der Waals surface area contributed by atoms with Gasteiger partial charge in [-0.05, 0) is 24.3 Å². The number of hydrogen-bond donors (Lipinski definition) is 1. The van der Waals surface area contributed by atoms with Crippen LogP contribution in [0.2, 0.25) is 0 Å². The summed E-state index contributed by atoms with van der Waals surface area (Å²) in [6, 6.07) is 9.22. The van der Waals surface area contributed by atoms with Crippen molar-refractivity contribution in [1.82, 2.24) is 14.8 Å². The molecule has 134 valence electrons. The Balaban J connectivity index is 1.68. The van der Waals surface area contributed by atoms with Crippen LogP contribution >= 0.6 is 11.8 Å². The summed E-state index contributed by atoms with van der Waals surface area (Å²) in [4.78, 5) is 12.0. The Kier molecular flexibility index (Phi) is 5.27. The van der Waals surface area contributed by atoms with Crippen LogP contribution < -0.4 is 5.32 Å². The minimum absolute atomic E-state index is 0.122. The second-order valence-electron chi connectivity index (χ2n) is 5.31. The molecule has 1 N–H and O–H groups in total. The van der Waals surface area contributed by atoms with Crippen LogP contribution in [-0.2, 0) is 11.8 Å². The molecule has 9 heteroatoms. The van der Waals surface area contributed by atoms with Gasteiger partial charge in [-0.25, -0.2) is 13.2 Å². The zero-order chi connectivity index (χ0) is 18.7. The summed E-state index contributed by atoms with van der Waals surface area (Å²) in [5.41, 5.74) is 0.0567. The maximum absolute atomic E-state index is 13.5. The van der Waals surface area contributed by atoms with Gasteiger partial charge < -0.3 is 9.88 Å². The van der Waals surface area contributed by atoms with E-state index >= 15 is 0 Å². The number of thioether (sulfide) groups is 1. The average molecular weight is 378 g/mol. The van der Waals surface area contributed by atoms with Crippen LogP contribution in [0.25, 0.3) is 11.4 Å². The first-order chi connectivity index (χ1) is 12.5. The maximum Gasteiger partial charge on any atom is 0.235 e. The molecule has 0 saturated carbocycles. The number of halogens is 3. The van der Waals surface area contributed by atoms with Crippen molar-refractivity contribution in [2.45, 2.75) is 5.16 Å². The number of carbonyl (C=O) groups is 1. The molecule has 3 aromatic rings. The second kappa shape index (κ2) is 7.61. The Hall–Kier alpha value is -2.81. The largest absolute Gasteiger partial charge is 0.320 e. The molecule has 0 aliphatic heterocycles. The molecule has 1 aromatic heterocycles. The quantitative estimate of drug-likeness (QED) is 0.689. The van der Waals surface area contributed by atoms with Crippen molar-refractivity contribution in [2.24, 2.45) is 7.05 Å². The summed E-state index contributed by atoms with van der Waals surface area (Å²) in [7, 11) is 1.68. The van der Waals surface area contributed by atoms with Gasteiger partial charge in [-0.15, -0.1) is 10.2 Å². The van der Waals surface area contributed by atoms with Gasteiger partial charge in [0.25, 0.3) is 0 Å². The summed E-state index contributed by atoms with van der Waals surface area (Å²) in [5, 5.41) is 10.6.